The van der Waals surface area contributed by atoms with Gasteiger partial charge in [-0.3, -0.25) is 19.3 Å². The minimum absolute atomic E-state index is 0.00833. The number of hydrazine groups is 1. The van der Waals surface area contributed by atoms with E-state index in [2.05, 4.69) is 15.1 Å². The Labute approximate surface area is 206 Å². The summed E-state index contributed by atoms with van der Waals surface area (Å²) in [6.45, 7) is -0.656. The van der Waals surface area contributed by atoms with Crippen LogP contribution in [0, 0.1) is 0 Å². The number of hydrogen-bond acceptors (Lipinski definition) is 6. The van der Waals surface area contributed by atoms with Gasteiger partial charge in [0.15, 0.2) is 0 Å². The molecule has 0 saturated carbocycles. The number of carbonyl (C=O) groups excluding carboxylic acids is 2. The maximum absolute atomic E-state index is 13.6. The van der Waals surface area contributed by atoms with E-state index in [9.17, 15) is 31.5 Å². The number of carbonyl (C=O) groups is 2. The topological polar surface area (TPSA) is 110 Å². The van der Waals surface area contributed by atoms with Gasteiger partial charge in [0.1, 0.15) is 12.4 Å². The van der Waals surface area contributed by atoms with Gasteiger partial charge in [0.2, 0.25) is 5.91 Å². The molecule has 0 atom stereocenters. The van der Waals surface area contributed by atoms with Crippen LogP contribution >= 0.6 is 0 Å². The molecule has 0 aliphatic heterocycles. The highest BCUT2D eigenvalue weighted by Gasteiger charge is 2.32. The van der Waals surface area contributed by atoms with Gasteiger partial charge in [-0.2, -0.15) is 18.3 Å². The number of anilines is 1. The maximum atomic E-state index is 13.6. The first-order chi connectivity index (χ1) is 17.4. The van der Waals surface area contributed by atoms with Crippen molar-refractivity contribution in [2.24, 2.45) is 7.05 Å². The van der Waals surface area contributed by atoms with Gasteiger partial charge in [0.25, 0.3) is 12.3 Å². The average molecular weight is 521 g/mol. The molecule has 37 heavy (non-hydrogen) atoms. The van der Waals surface area contributed by atoms with Crippen LogP contribution in [0.25, 0.3) is 21.8 Å². The number of nitrogens with zero attached hydrogens (tertiary/aromatic N) is 6. The van der Waals surface area contributed by atoms with Crippen LogP contribution < -0.4 is 5.73 Å². The molecule has 0 radical (unpaired) electrons. The van der Waals surface area contributed by atoms with Gasteiger partial charge in [-0.15, -0.1) is 0 Å². The van der Waals surface area contributed by atoms with Crippen LogP contribution in [0.5, 0.6) is 0 Å². The smallest absolute Gasteiger partial charge is 0.383 e. The molecule has 4 rings (SSSR count). The third kappa shape index (κ3) is 5.13. The summed E-state index contributed by atoms with van der Waals surface area (Å²) in [4.78, 5) is 33.9. The van der Waals surface area contributed by atoms with Crippen molar-refractivity contribution in [1.82, 2.24) is 29.8 Å². The standard InChI is InChI=1S/C23H20F5N7O2/c1-12(36)34(11-19(24)25)35(10-15-5-4-14(8-30-15)23(26,27)28)22(37)13-3-6-18-16(7-13)20-17(21(29)32-18)9-31-33(20)2/h3-9,19H,10-11H2,1-2H3,(H2,29,32). The summed E-state index contributed by atoms with van der Waals surface area (Å²) in [5, 5.41) is 6.46. The summed E-state index contributed by atoms with van der Waals surface area (Å²) in [5.74, 6) is -1.50. The van der Waals surface area contributed by atoms with E-state index in [1.54, 1.807) is 7.05 Å². The van der Waals surface area contributed by atoms with Crippen LogP contribution in [-0.4, -0.2) is 54.6 Å². The van der Waals surface area contributed by atoms with Crippen molar-refractivity contribution in [3.05, 3.63) is 59.5 Å². The molecule has 0 saturated heterocycles. The van der Waals surface area contributed by atoms with Gasteiger partial charge in [-0.25, -0.2) is 23.8 Å². The van der Waals surface area contributed by atoms with Crippen LogP contribution in [0.3, 0.4) is 0 Å². The second kappa shape index (κ2) is 9.59. The number of nitrogens with two attached hydrogens (primary N) is 1. The van der Waals surface area contributed by atoms with Crippen molar-refractivity contribution in [2.75, 3.05) is 12.3 Å². The lowest BCUT2D eigenvalue weighted by Crippen LogP contribution is -2.50. The molecule has 2 amide bonds. The second-order valence-corrected chi connectivity index (χ2v) is 8.15. The van der Waals surface area contributed by atoms with Crippen molar-refractivity contribution < 1.29 is 31.5 Å². The van der Waals surface area contributed by atoms with Crippen molar-refractivity contribution in [2.45, 2.75) is 26.1 Å². The lowest BCUT2D eigenvalue weighted by molar-refractivity contribution is -0.147. The molecule has 0 spiro atoms. The Morgan fingerprint density at radius 1 is 1.08 bits per heavy atom. The van der Waals surface area contributed by atoms with Crippen molar-refractivity contribution in [3.63, 3.8) is 0 Å². The fraction of sp³-hybridized carbons (Fsp3) is 0.261. The number of hydrogen-bond donors (Lipinski definition) is 1. The van der Waals surface area contributed by atoms with Gasteiger partial charge in [-0.1, -0.05) is 0 Å². The molecule has 4 aromatic rings. The predicted octanol–water partition coefficient (Wildman–Crippen LogP) is 3.79. The molecular formula is C23H20F5N7O2. The number of nitrogen functional groups attached to an aromatic ring is 1. The zero-order valence-electron chi connectivity index (χ0n) is 19.5. The lowest BCUT2D eigenvalue weighted by Gasteiger charge is -2.34. The molecule has 0 fully saturated rings. The number of aryl methyl sites for hydroxylation is 1. The van der Waals surface area contributed by atoms with E-state index < -0.39 is 43.1 Å². The minimum atomic E-state index is -4.64. The number of amides is 2. The Kier molecular flexibility index (Phi) is 6.67. The zero-order valence-corrected chi connectivity index (χ0v) is 19.5. The first-order valence-electron chi connectivity index (χ1n) is 10.8. The highest BCUT2D eigenvalue weighted by Crippen LogP contribution is 2.30. The molecule has 194 valence electrons. The Morgan fingerprint density at radius 2 is 1.81 bits per heavy atom. The third-order valence-electron chi connectivity index (χ3n) is 5.62. The number of alkyl halides is 5. The summed E-state index contributed by atoms with van der Waals surface area (Å²) >= 11 is 0. The average Bonchev–Trinajstić information content (AvgIpc) is 3.22. The van der Waals surface area contributed by atoms with E-state index in [4.69, 9.17) is 5.73 Å². The molecule has 14 heteroatoms. The van der Waals surface area contributed by atoms with E-state index in [0.29, 0.717) is 33.0 Å². The highest BCUT2D eigenvalue weighted by molar-refractivity contribution is 6.10. The normalized spacial score (nSPS) is 11.9. The molecule has 3 aromatic heterocycles. The molecular weight excluding hydrogens is 501 g/mol. The second-order valence-electron chi connectivity index (χ2n) is 8.15. The lowest BCUT2D eigenvalue weighted by atomic mass is 10.1. The first kappa shape index (κ1) is 25.7. The molecule has 2 N–H and O–H groups in total. The van der Waals surface area contributed by atoms with Gasteiger partial charge < -0.3 is 5.73 Å². The van der Waals surface area contributed by atoms with Gasteiger partial charge >= 0.3 is 6.18 Å². The number of rotatable bonds is 5. The van der Waals surface area contributed by atoms with Gasteiger partial charge in [0, 0.05) is 31.1 Å². The third-order valence-corrected chi connectivity index (χ3v) is 5.62. The molecule has 0 unspecified atom stereocenters. The molecule has 0 aliphatic rings. The number of halogens is 5. The Balaban J connectivity index is 1.79. The van der Waals surface area contributed by atoms with Crippen LogP contribution in [0.2, 0.25) is 0 Å². The number of pyridine rings is 2. The minimum Gasteiger partial charge on any atom is -0.383 e. The van der Waals surface area contributed by atoms with E-state index >= 15 is 0 Å². The first-order valence-corrected chi connectivity index (χ1v) is 10.8. The predicted molar refractivity (Wildman–Crippen MR) is 123 cm³/mol. The molecule has 0 aliphatic carbocycles. The van der Waals surface area contributed by atoms with Crippen LogP contribution in [-0.2, 0) is 24.6 Å². The Hall–Kier alpha value is -4.36. The fourth-order valence-electron chi connectivity index (χ4n) is 3.87. The van der Waals surface area contributed by atoms with Gasteiger partial charge in [0.05, 0.1) is 40.4 Å². The van der Waals surface area contributed by atoms with Crippen molar-refractivity contribution in [1.29, 1.82) is 0 Å². The zero-order chi connectivity index (χ0) is 27.1. The summed E-state index contributed by atoms with van der Waals surface area (Å²) in [6.07, 6.45) is -5.55. The Bertz CT molecular complexity index is 1490. The van der Waals surface area contributed by atoms with Gasteiger partial charge in [-0.05, 0) is 30.3 Å². The van der Waals surface area contributed by atoms with Crippen molar-refractivity contribution >= 4 is 39.4 Å². The van der Waals surface area contributed by atoms with Crippen LogP contribution in [0.15, 0.2) is 42.7 Å². The molecule has 0 bridgehead atoms. The largest absolute Gasteiger partial charge is 0.417 e. The molecule has 3 heterocycles. The molecule has 1 aromatic carbocycles. The summed E-state index contributed by atoms with van der Waals surface area (Å²) in [5.41, 5.74) is 5.94. The summed E-state index contributed by atoms with van der Waals surface area (Å²) in [6, 6.07) is 6.11. The van der Waals surface area contributed by atoms with Crippen LogP contribution in [0.1, 0.15) is 28.5 Å². The number of aromatic nitrogens is 4. The maximum Gasteiger partial charge on any atom is 0.417 e. The SMILES string of the molecule is CC(=O)N(CC(F)F)N(Cc1ccc(C(F)(F)F)cn1)C(=O)c1ccc2nc(N)c3cnn(C)c3c2c1. The van der Waals surface area contributed by atoms with Crippen molar-refractivity contribution in [3.8, 4) is 0 Å². The Morgan fingerprint density at radius 3 is 2.41 bits per heavy atom. The fourth-order valence-corrected chi connectivity index (χ4v) is 3.87. The summed E-state index contributed by atoms with van der Waals surface area (Å²) in [7, 11) is 1.67. The van der Waals surface area contributed by atoms with E-state index in [0.717, 1.165) is 24.1 Å². The van der Waals surface area contributed by atoms with E-state index in [-0.39, 0.29) is 17.1 Å². The summed E-state index contributed by atoms with van der Waals surface area (Å²) < 4.78 is 66.9. The highest BCUT2D eigenvalue weighted by atomic mass is 19.4. The number of benzene rings is 1. The monoisotopic (exact) mass is 521 g/mol. The number of fused-ring (bicyclic) bond motifs is 3. The van der Waals surface area contributed by atoms with Crippen LogP contribution in [0.4, 0.5) is 27.8 Å². The quantitative estimate of drug-likeness (QED) is 0.316. The molecule has 9 nitrogen and oxygen atoms in total. The van der Waals surface area contributed by atoms with E-state index in [1.165, 1.54) is 29.1 Å². The van der Waals surface area contributed by atoms with E-state index in [1.807, 2.05) is 0 Å².